The molecule has 1 aromatic carbocycles. The topological polar surface area (TPSA) is 77.2 Å². The summed E-state index contributed by atoms with van der Waals surface area (Å²) in [6.07, 6.45) is 0.516. The number of nitrogens with zero attached hydrogens (tertiary/aromatic N) is 3. The summed E-state index contributed by atoms with van der Waals surface area (Å²) in [6, 6.07) is 3.30. The van der Waals surface area contributed by atoms with Gasteiger partial charge in [-0.2, -0.15) is 0 Å². The highest BCUT2D eigenvalue weighted by Crippen LogP contribution is 2.15. The summed E-state index contributed by atoms with van der Waals surface area (Å²) in [6.45, 7) is 2.28. The van der Waals surface area contributed by atoms with E-state index in [4.69, 9.17) is 9.84 Å². The first kappa shape index (κ1) is 14.9. The molecule has 0 atom stereocenters. The molecule has 0 aliphatic rings. The molecule has 0 aliphatic carbocycles. The van der Waals surface area contributed by atoms with Gasteiger partial charge < -0.3 is 9.84 Å². The van der Waals surface area contributed by atoms with E-state index in [1.165, 1.54) is 10.7 Å². The number of aryl methyl sites for hydroxylation is 1. The van der Waals surface area contributed by atoms with Crippen LogP contribution >= 0.6 is 0 Å². The number of hydrogen-bond donors (Lipinski definition) is 1. The van der Waals surface area contributed by atoms with E-state index in [1.807, 2.05) is 0 Å². The van der Waals surface area contributed by atoms with Crippen molar-refractivity contribution in [3.05, 3.63) is 41.2 Å². The highest BCUT2D eigenvalue weighted by molar-refractivity contribution is 5.86. The number of carboxylic acid groups (broad SMARTS) is 1. The Balaban J connectivity index is 1.84. The van der Waals surface area contributed by atoms with Crippen molar-refractivity contribution in [1.82, 2.24) is 15.0 Å². The number of aromatic carboxylic acids is 1. The number of benzene rings is 1. The molecule has 0 bridgehead atoms. The molecule has 6 nitrogen and oxygen atoms in total. The molecule has 0 spiro atoms. The maximum atomic E-state index is 13.0. The molecule has 1 N–H and O–H groups in total. The van der Waals surface area contributed by atoms with Crippen molar-refractivity contribution in [2.45, 2.75) is 19.9 Å². The van der Waals surface area contributed by atoms with Crippen LogP contribution in [-0.2, 0) is 6.54 Å². The molecule has 0 radical (unpaired) electrons. The van der Waals surface area contributed by atoms with E-state index in [0.29, 0.717) is 18.7 Å². The smallest absolute Gasteiger partial charge is 0.358 e. The largest absolute Gasteiger partial charge is 0.493 e. The Bertz CT molecular complexity index is 658. The van der Waals surface area contributed by atoms with Gasteiger partial charge in [-0.1, -0.05) is 5.21 Å². The molecule has 0 saturated carbocycles. The summed E-state index contributed by atoms with van der Waals surface area (Å²) in [4.78, 5) is 10.8. The Morgan fingerprint density at radius 2 is 2.14 bits per heavy atom. The van der Waals surface area contributed by atoms with Gasteiger partial charge in [-0.3, -0.25) is 0 Å². The zero-order chi connectivity index (χ0) is 15.4. The average Bonchev–Trinajstić information content (AvgIpc) is 2.80. The molecule has 112 valence electrons. The predicted molar refractivity (Wildman–Crippen MR) is 68.2 cm³/mol. The van der Waals surface area contributed by atoms with Gasteiger partial charge in [0.05, 0.1) is 12.3 Å². The van der Waals surface area contributed by atoms with Crippen molar-refractivity contribution in [2.24, 2.45) is 0 Å². The van der Waals surface area contributed by atoms with Gasteiger partial charge in [0.1, 0.15) is 5.75 Å². The molecule has 0 saturated heterocycles. The van der Waals surface area contributed by atoms with E-state index in [-0.39, 0.29) is 18.1 Å². The summed E-state index contributed by atoms with van der Waals surface area (Å²) in [5, 5.41) is 16.1. The number of aromatic nitrogens is 3. The highest BCUT2D eigenvalue weighted by Gasteiger charge is 2.14. The lowest BCUT2D eigenvalue weighted by Crippen LogP contribution is -2.08. The lowest BCUT2D eigenvalue weighted by molar-refractivity contribution is 0.0689. The van der Waals surface area contributed by atoms with Crippen LogP contribution < -0.4 is 4.74 Å². The summed E-state index contributed by atoms with van der Waals surface area (Å²) >= 11 is 0. The van der Waals surface area contributed by atoms with Crippen molar-refractivity contribution in [2.75, 3.05) is 6.61 Å². The Kier molecular flexibility index (Phi) is 4.46. The number of rotatable bonds is 6. The minimum absolute atomic E-state index is 0.0866. The van der Waals surface area contributed by atoms with Gasteiger partial charge >= 0.3 is 5.97 Å². The minimum atomic E-state index is -1.13. The first-order chi connectivity index (χ1) is 9.99. The van der Waals surface area contributed by atoms with E-state index >= 15 is 0 Å². The fraction of sp³-hybridized carbons (Fsp3) is 0.308. The predicted octanol–water partition coefficient (Wildman–Crippen LogP) is 2.03. The van der Waals surface area contributed by atoms with Crippen LogP contribution in [0.4, 0.5) is 8.78 Å². The molecule has 2 rings (SSSR count). The molecule has 1 aromatic heterocycles. The molecule has 1 heterocycles. The first-order valence-electron chi connectivity index (χ1n) is 6.20. The Labute approximate surface area is 119 Å². The van der Waals surface area contributed by atoms with Crippen LogP contribution in [0.15, 0.2) is 18.2 Å². The van der Waals surface area contributed by atoms with Gasteiger partial charge in [0.15, 0.2) is 17.3 Å². The van der Waals surface area contributed by atoms with Crippen LogP contribution in [0.25, 0.3) is 0 Å². The van der Waals surface area contributed by atoms with Crippen LogP contribution in [0.3, 0.4) is 0 Å². The number of carbonyl (C=O) groups is 1. The summed E-state index contributed by atoms with van der Waals surface area (Å²) in [5.74, 6) is -2.79. The van der Waals surface area contributed by atoms with Crippen molar-refractivity contribution in [3.63, 3.8) is 0 Å². The second-order valence-electron chi connectivity index (χ2n) is 4.33. The molecule has 8 heteroatoms. The van der Waals surface area contributed by atoms with Gasteiger partial charge in [-0.15, -0.1) is 5.10 Å². The average molecular weight is 297 g/mol. The van der Waals surface area contributed by atoms with Crippen molar-refractivity contribution >= 4 is 5.97 Å². The van der Waals surface area contributed by atoms with Gasteiger partial charge in [0, 0.05) is 19.0 Å². The number of ether oxygens (including phenoxy) is 1. The van der Waals surface area contributed by atoms with Crippen LogP contribution in [-0.4, -0.2) is 32.7 Å². The fourth-order valence-corrected chi connectivity index (χ4v) is 1.74. The van der Waals surface area contributed by atoms with Crippen LogP contribution in [0.2, 0.25) is 0 Å². The molecule has 0 aliphatic heterocycles. The number of carboxylic acids is 1. The number of halogens is 2. The van der Waals surface area contributed by atoms with Crippen molar-refractivity contribution in [3.8, 4) is 5.75 Å². The van der Waals surface area contributed by atoms with Crippen molar-refractivity contribution < 1.29 is 23.4 Å². The third-order valence-corrected chi connectivity index (χ3v) is 2.86. The second-order valence-corrected chi connectivity index (χ2v) is 4.33. The summed E-state index contributed by atoms with van der Waals surface area (Å²) in [7, 11) is 0. The quantitative estimate of drug-likeness (QED) is 0.825. The zero-order valence-electron chi connectivity index (χ0n) is 11.2. The molecular weight excluding hydrogens is 284 g/mol. The molecule has 0 amide bonds. The minimum Gasteiger partial charge on any atom is -0.493 e. The molecule has 2 aromatic rings. The van der Waals surface area contributed by atoms with Crippen LogP contribution in [0.5, 0.6) is 5.75 Å². The standard InChI is InChI=1S/C13H13F2N3O3/c1-8-12(13(19)20)16-17-18(8)5-2-6-21-9-3-4-10(14)11(15)7-9/h3-4,7H,2,5-6H2,1H3,(H,19,20). The third-order valence-electron chi connectivity index (χ3n) is 2.86. The number of hydrogen-bond acceptors (Lipinski definition) is 4. The Morgan fingerprint density at radius 3 is 2.76 bits per heavy atom. The SMILES string of the molecule is Cc1c(C(=O)O)nnn1CCCOc1ccc(F)c(F)c1. The Hall–Kier alpha value is -2.51. The van der Waals surface area contributed by atoms with Gasteiger partial charge in [-0.05, 0) is 19.1 Å². The van der Waals surface area contributed by atoms with E-state index in [9.17, 15) is 13.6 Å². The fourth-order valence-electron chi connectivity index (χ4n) is 1.74. The van der Waals surface area contributed by atoms with Gasteiger partial charge in [-0.25, -0.2) is 18.3 Å². The lowest BCUT2D eigenvalue weighted by Gasteiger charge is -2.07. The molecular formula is C13H13F2N3O3. The van der Waals surface area contributed by atoms with Gasteiger partial charge in [0.25, 0.3) is 0 Å². The Morgan fingerprint density at radius 1 is 1.38 bits per heavy atom. The molecule has 0 unspecified atom stereocenters. The second kappa shape index (κ2) is 6.29. The maximum Gasteiger partial charge on any atom is 0.358 e. The normalized spacial score (nSPS) is 10.6. The van der Waals surface area contributed by atoms with E-state index in [2.05, 4.69) is 10.3 Å². The van der Waals surface area contributed by atoms with Crippen molar-refractivity contribution in [1.29, 1.82) is 0 Å². The monoisotopic (exact) mass is 297 g/mol. The lowest BCUT2D eigenvalue weighted by atomic mass is 10.3. The molecule has 0 fully saturated rings. The molecule has 21 heavy (non-hydrogen) atoms. The van der Waals surface area contributed by atoms with Crippen LogP contribution in [0.1, 0.15) is 22.6 Å². The van der Waals surface area contributed by atoms with E-state index < -0.39 is 17.6 Å². The van der Waals surface area contributed by atoms with Gasteiger partial charge in [0.2, 0.25) is 0 Å². The van der Waals surface area contributed by atoms with Crippen LogP contribution in [0, 0.1) is 18.6 Å². The summed E-state index contributed by atoms with van der Waals surface area (Å²) < 4.78 is 32.4. The third kappa shape index (κ3) is 3.53. The maximum absolute atomic E-state index is 13.0. The summed E-state index contributed by atoms with van der Waals surface area (Å²) in [5.41, 5.74) is 0.367. The highest BCUT2D eigenvalue weighted by atomic mass is 19.2. The first-order valence-corrected chi connectivity index (χ1v) is 6.20. The zero-order valence-corrected chi connectivity index (χ0v) is 11.2. The van der Waals surface area contributed by atoms with E-state index in [0.717, 1.165) is 12.1 Å². The van der Waals surface area contributed by atoms with E-state index in [1.54, 1.807) is 6.92 Å².